The molecule has 0 N–H and O–H groups in total. The van der Waals surface area contributed by atoms with Crippen LogP contribution in [0.25, 0.3) is 22.6 Å². The van der Waals surface area contributed by atoms with E-state index in [1.54, 1.807) is 13.2 Å². The molecule has 7 heteroatoms. The minimum Gasteiger partial charge on any atom is -0.497 e. The van der Waals surface area contributed by atoms with Crippen LogP contribution in [0.5, 0.6) is 5.75 Å². The molecule has 152 valence electrons. The molecule has 0 spiro atoms. The van der Waals surface area contributed by atoms with E-state index in [4.69, 9.17) is 9.26 Å². The lowest BCUT2D eigenvalue weighted by molar-refractivity contribution is 0.363. The summed E-state index contributed by atoms with van der Waals surface area (Å²) in [6.07, 6.45) is 0. The van der Waals surface area contributed by atoms with Crippen LogP contribution >= 0.6 is 0 Å². The Labute approximate surface area is 174 Å². The van der Waals surface area contributed by atoms with Gasteiger partial charge in [0.2, 0.25) is 11.7 Å². The quantitative estimate of drug-likeness (QED) is 0.482. The highest BCUT2D eigenvalue weighted by Crippen LogP contribution is 2.21. The molecule has 30 heavy (non-hydrogen) atoms. The maximum Gasteiger partial charge on any atom is 0.267 e. The van der Waals surface area contributed by atoms with Gasteiger partial charge in [-0.2, -0.15) is 10.1 Å². The van der Waals surface area contributed by atoms with Gasteiger partial charge in [0.25, 0.3) is 5.56 Å². The summed E-state index contributed by atoms with van der Waals surface area (Å²) in [5.41, 5.74) is 3.47. The summed E-state index contributed by atoms with van der Waals surface area (Å²) in [4.78, 5) is 16.7. The Morgan fingerprint density at radius 1 is 0.967 bits per heavy atom. The minimum absolute atomic E-state index is 0.0971. The molecule has 0 radical (unpaired) electrons. The van der Waals surface area contributed by atoms with Gasteiger partial charge in [0.15, 0.2) is 0 Å². The van der Waals surface area contributed by atoms with Crippen LogP contribution in [0.3, 0.4) is 0 Å². The highest BCUT2D eigenvalue weighted by molar-refractivity contribution is 5.59. The first-order chi connectivity index (χ1) is 14.5. The zero-order valence-corrected chi connectivity index (χ0v) is 17.1. The van der Waals surface area contributed by atoms with E-state index in [9.17, 15) is 4.79 Å². The molecule has 4 rings (SSSR count). The summed E-state index contributed by atoms with van der Waals surface area (Å²) in [5.74, 6) is 1.96. The van der Waals surface area contributed by atoms with Gasteiger partial charge >= 0.3 is 0 Å². The van der Waals surface area contributed by atoms with Crippen LogP contribution < -0.4 is 10.3 Å². The molecular weight excluding hydrogens is 380 g/mol. The van der Waals surface area contributed by atoms with Crippen LogP contribution in [-0.4, -0.2) is 27.0 Å². The lowest BCUT2D eigenvalue weighted by Gasteiger charge is -2.08. The van der Waals surface area contributed by atoms with Gasteiger partial charge in [-0.3, -0.25) is 4.79 Å². The van der Waals surface area contributed by atoms with Gasteiger partial charge in [-0.1, -0.05) is 43.3 Å². The summed E-state index contributed by atoms with van der Waals surface area (Å²) in [6, 6.07) is 18.8. The second-order valence-corrected chi connectivity index (χ2v) is 7.23. The third kappa shape index (κ3) is 4.15. The van der Waals surface area contributed by atoms with Crippen LogP contribution in [0, 0.1) is 0 Å². The molecule has 2 aromatic carbocycles. The molecule has 2 heterocycles. The third-order valence-electron chi connectivity index (χ3n) is 4.84. The Balaban J connectivity index is 1.57. The minimum atomic E-state index is -0.234. The van der Waals surface area contributed by atoms with Crippen LogP contribution in [-0.2, 0) is 6.54 Å². The molecule has 0 saturated carbocycles. The van der Waals surface area contributed by atoms with Crippen molar-refractivity contribution in [2.45, 2.75) is 26.3 Å². The number of nitrogens with zero attached hydrogens (tertiary/aromatic N) is 4. The maximum atomic E-state index is 12.3. The van der Waals surface area contributed by atoms with Gasteiger partial charge in [0, 0.05) is 17.2 Å². The number of hydrogen-bond acceptors (Lipinski definition) is 6. The number of methoxy groups -OCH3 is 1. The summed E-state index contributed by atoms with van der Waals surface area (Å²) in [6.45, 7) is 4.40. The number of aromatic nitrogens is 4. The van der Waals surface area contributed by atoms with Crippen LogP contribution in [0.1, 0.15) is 31.2 Å². The predicted octanol–water partition coefficient (Wildman–Crippen LogP) is 4.14. The zero-order valence-electron chi connectivity index (χ0n) is 17.1. The topological polar surface area (TPSA) is 83.0 Å². The van der Waals surface area contributed by atoms with Gasteiger partial charge in [0.05, 0.1) is 12.8 Å². The molecule has 0 unspecified atom stereocenters. The predicted molar refractivity (Wildman–Crippen MR) is 113 cm³/mol. The molecule has 0 aliphatic rings. The van der Waals surface area contributed by atoms with E-state index < -0.39 is 0 Å². The first-order valence-corrected chi connectivity index (χ1v) is 9.69. The lowest BCUT2D eigenvalue weighted by Crippen LogP contribution is -2.23. The Morgan fingerprint density at radius 2 is 1.67 bits per heavy atom. The molecule has 0 saturated heterocycles. The SMILES string of the molecule is COc1ccc(-c2noc(Cn3nc(-c4ccc(C(C)C)cc4)ccc3=O)n2)cc1. The van der Waals surface area contributed by atoms with E-state index in [-0.39, 0.29) is 12.1 Å². The Bertz CT molecular complexity index is 1190. The van der Waals surface area contributed by atoms with Crippen molar-refractivity contribution in [1.82, 2.24) is 19.9 Å². The third-order valence-corrected chi connectivity index (χ3v) is 4.84. The van der Waals surface area contributed by atoms with Crippen LogP contribution in [0.15, 0.2) is 70.0 Å². The molecular formula is C23H22N4O3. The monoisotopic (exact) mass is 402 g/mol. The highest BCUT2D eigenvalue weighted by atomic mass is 16.5. The van der Waals surface area contributed by atoms with Crippen molar-refractivity contribution >= 4 is 0 Å². The molecule has 7 nitrogen and oxygen atoms in total. The van der Waals surface area contributed by atoms with Crippen molar-refractivity contribution in [2.75, 3.05) is 7.11 Å². The molecule has 4 aromatic rings. The summed E-state index contributed by atoms with van der Waals surface area (Å²) in [5, 5.41) is 8.48. The van der Waals surface area contributed by atoms with Crippen molar-refractivity contribution in [3.05, 3.63) is 82.5 Å². The maximum absolute atomic E-state index is 12.3. The Morgan fingerprint density at radius 3 is 2.33 bits per heavy atom. The van der Waals surface area contributed by atoms with Crippen LogP contribution in [0.2, 0.25) is 0 Å². The normalized spacial score (nSPS) is 11.1. The smallest absolute Gasteiger partial charge is 0.267 e. The van der Waals surface area contributed by atoms with Crippen molar-refractivity contribution in [2.24, 2.45) is 0 Å². The fraction of sp³-hybridized carbons (Fsp3) is 0.217. The Hall–Kier alpha value is -3.74. The molecule has 0 bridgehead atoms. The lowest BCUT2D eigenvalue weighted by atomic mass is 10.0. The van der Waals surface area contributed by atoms with Gasteiger partial charge in [0.1, 0.15) is 12.3 Å². The zero-order chi connectivity index (χ0) is 21.1. The van der Waals surface area contributed by atoms with Gasteiger partial charge in [-0.25, -0.2) is 4.68 Å². The number of rotatable bonds is 6. The van der Waals surface area contributed by atoms with Gasteiger partial charge in [-0.05, 0) is 41.8 Å². The van der Waals surface area contributed by atoms with E-state index in [1.165, 1.54) is 16.3 Å². The summed E-state index contributed by atoms with van der Waals surface area (Å²) >= 11 is 0. The van der Waals surface area contributed by atoms with E-state index >= 15 is 0 Å². The second-order valence-electron chi connectivity index (χ2n) is 7.23. The van der Waals surface area contributed by atoms with Gasteiger partial charge in [-0.15, -0.1) is 0 Å². The molecule has 2 aromatic heterocycles. The molecule has 0 amide bonds. The fourth-order valence-electron chi connectivity index (χ4n) is 3.06. The largest absolute Gasteiger partial charge is 0.497 e. The van der Waals surface area contributed by atoms with Crippen molar-refractivity contribution < 1.29 is 9.26 Å². The molecule has 0 aliphatic heterocycles. The van der Waals surface area contributed by atoms with Crippen LogP contribution in [0.4, 0.5) is 0 Å². The fourth-order valence-corrected chi connectivity index (χ4v) is 3.06. The van der Waals surface area contributed by atoms with E-state index in [1.807, 2.05) is 36.4 Å². The second kappa shape index (κ2) is 8.32. The highest BCUT2D eigenvalue weighted by Gasteiger charge is 2.12. The van der Waals surface area contributed by atoms with Gasteiger partial charge < -0.3 is 9.26 Å². The average molecular weight is 402 g/mol. The first kappa shape index (κ1) is 19.6. The Kier molecular flexibility index (Phi) is 5.43. The standard InChI is InChI=1S/C23H22N4O3/c1-15(2)16-4-6-17(7-5-16)20-12-13-22(28)27(25-20)14-21-24-23(26-30-21)18-8-10-19(29-3)11-9-18/h4-13,15H,14H2,1-3H3. The van der Waals surface area contributed by atoms with E-state index in [0.29, 0.717) is 23.3 Å². The summed E-state index contributed by atoms with van der Waals surface area (Å²) < 4.78 is 11.8. The average Bonchev–Trinajstić information content (AvgIpc) is 3.24. The van der Waals surface area contributed by atoms with E-state index in [2.05, 4.69) is 41.2 Å². The number of benzene rings is 2. The first-order valence-electron chi connectivity index (χ1n) is 9.69. The van der Waals surface area contributed by atoms with Crippen molar-refractivity contribution in [1.29, 1.82) is 0 Å². The van der Waals surface area contributed by atoms with Crippen molar-refractivity contribution in [3.63, 3.8) is 0 Å². The molecule has 0 atom stereocenters. The number of hydrogen-bond donors (Lipinski definition) is 0. The summed E-state index contributed by atoms with van der Waals surface area (Å²) in [7, 11) is 1.61. The molecule has 0 aliphatic carbocycles. The molecule has 0 fully saturated rings. The number of ether oxygens (including phenoxy) is 1. The van der Waals surface area contributed by atoms with E-state index in [0.717, 1.165) is 16.9 Å². The van der Waals surface area contributed by atoms with Crippen molar-refractivity contribution in [3.8, 4) is 28.4 Å².